The van der Waals surface area contributed by atoms with Crippen LogP contribution >= 0.6 is 0 Å². The second-order valence-electron chi connectivity index (χ2n) is 2.29. The van der Waals surface area contributed by atoms with E-state index in [4.69, 9.17) is 15.9 Å². The molecular formula is C9H16O2. The molecule has 2 heteroatoms. The van der Waals surface area contributed by atoms with E-state index in [0.29, 0.717) is 13.2 Å². The predicted octanol–water partition coefficient (Wildman–Crippen LogP) is 1.45. The number of ether oxygens (including phenoxy) is 2. The lowest BCUT2D eigenvalue weighted by Gasteiger charge is -2.06. The summed E-state index contributed by atoms with van der Waals surface area (Å²) in [5, 5.41) is 0. The van der Waals surface area contributed by atoms with Crippen molar-refractivity contribution >= 4 is 0 Å². The van der Waals surface area contributed by atoms with Gasteiger partial charge in [-0.05, 0) is 13.3 Å². The molecule has 0 aliphatic carbocycles. The Morgan fingerprint density at radius 1 is 1.36 bits per heavy atom. The third-order valence-electron chi connectivity index (χ3n) is 1.18. The molecule has 0 spiro atoms. The Labute approximate surface area is 68.9 Å². The highest BCUT2D eigenvalue weighted by Crippen LogP contribution is 1.87. The lowest BCUT2D eigenvalue weighted by atomic mass is 10.4. The summed E-state index contributed by atoms with van der Waals surface area (Å²) in [6, 6.07) is 0. The van der Waals surface area contributed by atoms with E-state index in [1.807, 2.05) is 6.92 Å². The zero-order chi connectivity index (χ0) is 8.53. The summed E-state index contributed by atoms with van der Waals surface area (Å²) in [5.74, 6) is 2.48. The van der Waals surface area contributed by atoms with Crippen LogP contribution in [-0.4, -0.2) is 25.9 Å². The first-order valence-electron chi connectivity index (χ1n) is 3.96. The highest BCUT2D eigenvalue weighted by Gasteiger charge is 1.94. The first kappa shape index (κ1) is 10.5. The topological polar surface area (TPSA) is 18.5 Å². The fourth-order valence-corrected chi connectivity index (χ4v) is 0.578. The summed E-state index contributed by atoms with van der Waals surface area (Å²) in [7, 11) is 0. The smallest absolute Gasteiger partial charge is 0.115 e. The predicted molar refractivity (Wildman–Crippen MR) is 45.4 cm³/mol. The minimum atomic E-state index is -0.0970. The molecule has 1 unspecified atom stereocenters. The van der Waals surface area contributed by atoms with E-state index in [1.54, 1.807) is 0 Å². The van der Waals surface area contributed by atoms with Gasteiger partial charge in [-0.3, -0.25) is 0 Å². The number of hydrogen-bond acceptors (Lipinski definition) is 2. The molecule has 0 N–H and O–H groups in total. The summed E-state index contributed by atoms with van der Waals surface area (Å²) in [6.07, 6.45) is 6.05. The molecular weight excluding hydrogens is 140 g/mol. The average Bonchev–Trinajstić information content (AvgIpc) is 2.04. The Morgan fingerprint density at radius 3 is 2.64 bits per heavy atom. The molecule has 0 amide bonds. The quantitative estimate of drug-likeness (QED) is 0.428. The maximum absolute atomic E-state index is 5.18. The molecule has 0 bridgehead atoms. The minimum Gasteiger partial charge on any atom is -0.379 e. The molecule has 0 aromatic carbocycles. The molecule has 0 aromatic rings. The minimum absolute atomic E-state index is 0.0970. The van der Waals surface area contributed by atoms with E-state index >= 15 is 0 Å². The molecule has 0 fully saturated rings. The van der Waals surface area contributed by atoms with Crippen molar-refractivity contribution in [1.29, 1.82) is 0 Å². The monoisotopic (exact) mass is 156 g/mol. The maximum Gasteiger partial charge on any atom is 0.115 e. The van der Waals surface area contributed by atoms with Gasteiger partial charge in [0.2, 0.25) is 0 Å². The Morgan fingerprint density at radius 2 is 2.09 bits per heavy atom. The van der Waals surface area contributed by atoms with Crippen molar-refractivity contribution in [3.05, 3.63) is 0 Å². The fourth-order valence-electron chi connectivity index (χ4n) is 0.578. The molecule has 0 aromatic heterocycles. The van der Waals surface area contributed by atoms with E-state index in [2.05, 4.69) is 12.8 Å². The van der Waals surface area contributed by atoms with Gasteiger partial charge < -0.3 is 9.47 Å². The normalized spacial score (nSPS) is 12.5. The van der Waals surface area contributed by atoms with Crippen molar-refractivity contribution in [1.82, 2.24) is 0 Å². The van der Waals surface area contributed by atoms with Gasteiger partial charge in [-0.2, -0.15) is 0 Å². The van der Waals surface area contributed by atoms with Gasteiger partial charge in [-0.1, -0.05) is 12.8 Å². The van der Waals surface area contributed by atoms with Crippen molar-refractivity contribution in [2.75, 3.05) is 19.8 Å². The first-order chi connectivity index (χ1) is 5.31. The van der Waals surface area contributed by atoms with Gasteiger partial charge >= 0.3 is 0 Å². The summed E-state index contributed by atoms with van der Waals surface area (Å²) in [4.78, 5) is 0. The molecule has 0 radical (unpaired) electrons. The first-order valence-corrected chi connectivity index (χ1v) is 3.96. The Kier molecular flexibility index (Phi) is 7.23. The highest BCUT2D eigenvalue weighted by molar-refractivity contribution is 4.91. The second kappa shape index (κ2) is 7.59. The largest absolute Gasteiger partial charge is 0.379 e. The second-order valence-corrected chi connectivity index (χ2v) is 2.29. The molecule has 11 heavy (non-hydrogen) atoms. The summed E-state index contributed by atoms with van der Waals surface area (Å²) < 4.78 is 10.4. The molecule has 0 saturated carbocycles. The molecule has 0 rings (SSSR count). The fraction of sp³-hybridized carbons (Fsp3) is 0.778. The van der Waals surface area contributed by atoms with Gasteiger partial charge in [-0.25, -0.2) is 0 Å². The zero-order valence-electron chi connectivity index (χ0n) is 7.30. The molecule has 2 nitrogen and oxygen atoms in total. The molecule has 0 saturated heterocycles. The van der Waals surface area contributed by atoms with Crippen LogP contribution < -0.4 is 0 Å². The standard InChI is InChI=1S/C9H16O2/c1-4-6-10-7-8-11-9(3)5-2/h2,9H,4,6-8H2,1,3H3. The van der Waals surface area contributed by atoms with Crippen molar-refractivity contribution in [3.63, 3.8) is 0 Å². The summed E-state index contributed by atoms with van der Waals surface area (Å²) >= 11 is 0. The van der Waals surface area contributed by atoms with Gasteiger partial charge in [0.25, 0.3) is 0 Å². The van der Waals surface area contributed by atoms with Gasteiger partial charge in [0, 0.05) is 6.61 Å². The third kappa shape index (κ3) is 7.38. The number of rotatable bonds is 6. The Hall–Kier alpha value is -0.520. The van der Waals surface area contributed by atoms with E-state index in [0.717, 1.165) is 13.0 Å². The van der Waals surface area contributed by atoms with Crippen LogP contribution in [0.4, 0.5) is 0 Å². The van der Waals surface area contributed by atoms with Crippen molar-refractivity contribution in [2.24, 2.45) is 0 Å². The molecule has 64 valence electrons. The van der Waals surface area contributed by atoms with E-state index < -0.39 is 0 Å². The molecule has 1 atom stereocenters. The molecule has 0 aliphatic heterocycles. The number of hydrogen-bond donors (Lipinski definition) is 0. The van der Waals surface area contributed by atoms with E-state index in [9.17, 15) is 0 Å². The van der Waals surface area contributed by atoms with Crippen molar-refractivity contribution in [2.45, 2.75) is 26.4 Å². The van der Waals surface area contributed by atoms with Crippen LogP contribution in [0.25, 0.3) is 0 Å². The molecule has 0 heterocycles. The lowest BCUT2D eigenvalue weighted by molar-refractivity contribution is 0.0329. The Balaban J connectivity index is 2.97. The van der Waals surface area contributed by atoms with Crippen LogP contribution in [0.1, 0.15) is 20.3 Å². The Bertz CT molecular complexity index is 115. The highest BCUT2D eigenvalue weighted by atomic mass is 16.5. The third-order valence-corrected chi connectivity index (χ3v) is 1.18. The van der Waals surface area contributed by atoms with Gasteiger partial charge in [0.05, 0.1) is 13.2 Å². The van der Waals surface area contributed by atoms with Crippen molar-refractivity contribution < 1.29 is 9.47 Å². The lowest BCUT2D eigenvalue weighted by Crippen LogP contribution is -2.11. The van der Waals surface area contributed by atoms with E-state index in [1.165, 1.54) is 0 Å². The number of terminal acetylenes is 1. The van der Waals surface area contributed by atoms with Gasteiger partial charge in [-0.15, -0.1) is 6.42 Å². The summed E-state index contributed by atoms with van der Waals surface area (Å²) in [5.41, 5.74) is 0. The zero-order valence-corrected chi connectivity index (χ0v) is 7.30. The van der Waals surface area contributed by atoms with Crippen LogP contribution in [0.3, 0.4) is 0 Å². The average molecular weight is 156 g/mol. The summed E-state index contributed by atoms with van der Waals surface area (Å²) in [6.45, 7) is 5.95. The van der Waals surface area contributed by atoms with Crippen LogP contribution in [-0.2, 0) is 9.47 Å². The van der Waals surface area contributed by atoms with Crippen LogP contribution in [0.5, 0.6) is 0 Å². The van der Waals surface area contributed by atoms with Crippen LogP contribution in [0, 0.1) is 12.3 Å². The van der Waals surface area contributed by atoms with Gasteiger partial charge in [0.15, 0.2) is 0 Å². The molecule has 0 aliphatic rings. The van der Waals surface area contributed by atoms with Crippen LogP contribution in [0.15, 0.2) is 0 Å². The maximum atomic E-state index is 5.18. The van der Waals surface area contributed by atoms with Crippen LogP contribution in [0.2, 0.25) is 0 Å². The SMILES string of the molecule is C#CC(C)OCCOCCC. The van der Waals surface area contributed by atoms with Gasteiger partial charge in [0.1, 0.15) is 6.10 Å². The van der Waals surface area contributed by atoms with E-state index in [-0.39, 0.29) is 6.10 Å². The van der Waals surface area contributed by atoms with Crippen molar-refractivity contribution in [3.8, 4) is 12.3 Å².